The number of rotatable bonds is 4. The molecule has 0 atom stereocenters. The average Bonchev–Trinajstić information content (AvgIpc) is 2.91. The monoisotopic (exact) mass is 294 g/mol. The summed E-state index contributed by atoms with van der Waals surface area (Å²) in [5.41, 5.74) is 2.40. The van der Waals surface area contributed by atoms with Crippen LogP contribution in [0.4, 0.5) is 0 Å². The normalized spacial score (nSPS) is 11.1. The Kier molecular flexibility index (Phi) is 3.62. The number of aromatic amines is 2. The average molecular weight is 294 g/mol. The second-order valence-electron chi connectivity index (χ2n) is 4.81. The minimum Gasteiger partial charge on any atom is -0.497 e. The summed E-state index contributed by atoms with van der Waals surface area (Å²) in [6, 6.07) is 12.5. The lowest BCUT2D eigenvalue weighted by atomic mass is 10.1. The predicted molar refractivity (Wildman–Crippen MR) is 85.3 cm³/mol. The van der Waals surface area contributed by atoms with Crippen molar-refractivity contribution in [2.45, 2.75) is 0 Å². The number of fused-ring (bicyclic) bond motifs is 1. The first-order valence-electron chi connectivity index (χ1n) is 6.74. The lowest BCUT2D eigenvalue weighted by Crippen LogP contribution is -1.99. The molecule has 1 aromatic heterocycles. The first kappa shape index (κ1) is 13.9. The third kappa shape index (κ3) is 2.83. The first-order valence-corrected chi connectivity index (χ1v) is 6.74. The van der Waals surface area contributed by atoms with Gasteiger partial charge in [-0.2, -0.15) is 0 Å². The minimum absolute atomic E-state index is 0.133. The number of methoxy groups -OCH3 is 1. The number of carbonyl (C=O) groups excluding carboxylic acids is 1. The molecule has 5 nitrogen and oxygen atoms in total. The number of nitrogens with one attached hydrogen (secondary N) is 2. The molecule has 0 radical (unpaired) electrons. The van der Waals surface area contributed by atoms with Gasteiger partial charge < -0.3 is 14.7 Å². The summed E-state index contributed by atoms with van der Waals surface area (Å²) in [5, 5.41) is 0. The standard InChI is InChI=1S/C17H14N2O3/c1-22-13-4-2-3-11(9-13)5-8-16(20)12-6-7-14-15(10-12)19-17(21)18-14/h2-10H,1H3,(H2,18,19,21)/b8-5+. The Hall–Kier alpha value is -3.08. The van der Waals surface area contributed by atoms with Crippen molar-refractivity contribution in [1.82, 2.24) is 9.97 Å². The van der Waals surface area contributed by atoms with E-state index in [-0.39, 0.29) is 11.5 Å². The van der Waals surface area contributed by atoms with Crippen molar-refractivity contribution in [3.05, 3.63) is 70.2 Å². The van der Waals surface area contributed by atoms with Crippen LogP contribution in [0.2, 0.25) is 0 Å². The second kappa shape index (κ2) is 5.73. The van der Waals surface area contributed by atoms with Crippen molar-refractivity contribution in [2.75, 3.05) is 7.11 Å². The van der Waals surface area contributed by atoms with E-state index in [1.165, 1.54) is 6.08 Å². The van der Waals surface area contributed by atoms with Crippen LogP contribution in [0.25, 0.3) is 17.1 Å². The maximum atomic E-state index is 12.2. The summed E-state index contributed by atoms with van der Waals surface area (Å²) >= 11 is 0. The van der Waals surface area contributed by atoms with Crippen molar-refractivity contribution >= 4 is 22.9 Å². The highest BCUT2D eigenvalue weighted by Gasteiger charge is 2.05. The van der Waals surface area contributed by atoms with Crippen LogP contribution in [-0.2, 0) is 0 Å². The third-order valence-corrected chi connectivity index (χ3v) is 3.32. The van der Waals surface area contributed by atoms with Crippen molar-refractivity contribution in [1.29, 1.82) is 0 Å². The van der Waals surface area contributed by atoms with Crippen LogP contribution in [0.1, 0.15) is 15.9 Å². The summed E-state index contributed by atoms with van der Waals surface area (Å²) < 4.78 is 5.14. The van der Waals surface area contributed by atoms with Gasteiger partial charge in [-0.1, -0.05) is 18.2 Å². The van der Waals surface area contributed by atoms with Crippen LogP contribution in [0.3, 0.4) is 0 Å². The van der Waals surface area contributed by atoms with Gasteiger partial charge in [-0.05, 0) is 42.0 Å². The van der Waals surface area contributed by atoms with Crippen molar-refractivity contribution in [3.63, 3.8) is 0 Å². The quantitative estimate of drug-likeness (QED) is 0.574. The maximum Gasteiger partial charge on any atom is 0.323 e. The molecule has 2 N–H and O–H groups in total. The van der Waals surface area contributed by atoms with E-state index in [1.54, 1.807) is 31.4 Å². The number of ketones is 1. The van der Waals surface area contributed by atoms with Crippen LogP contribution >= 0.6 is 0 Å². The smallest absolute Gasteiger partial charge is 0.323 e. The molecule has 3 rings (SSSR count). The highest BCUT2D eigenvalue weighted by atomic mass is 16.5. The zero-order valence-corrected chi connectivity index (χ0v) is 11.9. The molecule has 1 heterocycles. The van der Waals surface area contributed by atoms with Gasteiger partial charge in [0.1, 0.15) is 5.75 Å². The molecule has 0 spiro atoms. The molecule has 0 aliphatic rings. The maximum absolute atomic E-state index is 12.2. The number of allylic oxidation sites excluding steroid dienone is 1. The lowest BCUT2D eigenvalue weighted by molar-refractivity contribution is 0.104. The van der Waals surface area contributed by atoms with E-state index < -0.39 is 0 Å². The molecule has 5 heteroatoms. The lowest BCUT2D eigenvalue weighted by Gasteiger charge is -2.00. The largest absolute Gasteiger partial charge is 0.497 e. The van der Waals surface area contributed by atoms with Gasteiger partial charge in [-0.25, -0.2) is 4.79 Å². The van der Waals surface area contributed by atoms with Crippen LogP contribution < -0.4 is 10.4 Å². The van der Waals surface area contributed by atoms with Gasteiger partial charge in [0.2, 0.25) is 0 Å². The number of carbonyl (C=O) groups is 1. The van der Waals surface area contributed by atoms with Crippen molar-refractivity contribution < 1.29 is 9.53 Å². The second-order valence-corrected chi connectivity index (χ2v) is 4.81. The van der Waals surface area contributed by atoms with Crippen LogP contribution in [0.15, 0.2) is 53.3 Å². The third-order valence-electron chi connectivity index (χ3n) is 3.32. The fourth-order valence-corrected chi connectivity index (χ4v) is 2.20. The Bertz CT molecular complexity index is 919. The molecule has 3 aromatic rings. The summed E-state index contributed by atoms with van der Waals surface area (Å²) in [6.45, 7) is 0. The van der Waals surface area contributed by atoms with E-state index in [4.69, 9.17) is 4.74 Å². The Labute approximate surface area is 126 Å². The Balaban J connectivity index is 1.85. The Morgan fingerprint density at radius 1 is 1.09 bits per heavy atom. The molecular formula is C17H14N2O3. The van der Waals surface area contributed by atoms with Gasteiger partial charge in [-0.3, -0.25) is 4.79 Å². The molecule has 0 bridgehead atoms. The van der Waals surface area contributed by atoms with Crippen LogP contribution in [-0.4, -0.2) is 22.9 Å². The molecular weight excluding hydrogens is 280 g/mol. The van der Waals surface area contributed by atoms with E-state index in [0.717, 1.165) is 11.3 Å². The molecule has 0 unspecified atom stereocenters. The first-order chi connectivity index (χ1) is 10.7. The summed E-state index contributed by atoms with van der Waals surface area (Å²) in [5.74, 6) is 0.604. The van der Waals surface area contributed by atoms with Gasteiger partial charge >= 0.3 is 5.69 Å². The molecule has 0 aliphatic carbocycles. The van der Waals surface area contributed by atoms with Crippen LogP contribution in [0.5, 0.6) is 5.75 Å². The number of hydrogen-bond acceptors (Lipinski definition) is 3. The zero-order valence-electron chi connectivity index (χ0n) is 11.9. The fourth-order valence-electron chi connectivity index (χ4n) is 2.20. The number of hydrogen-bond donors (Lipinski definition) is 2. The van der Waals surface area contributed by atoms with Gasteiger partial charge in [0.25, 0.3) is 0 Å². The van der Waals surface area contributed by atoms with Gasteiger partial charge in [0.15, 0.2) is 5.78 Å². The number of benzene rings is 2. The van der Waals surface area contributed by atoms with E-state index in [0.29, 0.717) is 16.6 Å². The topological polar surface area (TPSA) is 75.0 Å². The zero-order chi connectivity index (χ0) is 15.5. The number of imidazole rings is 1. The Morgan fingerprint density at radius 2 is 1.91 bits per heavy atom. The van der Waals surface area contributed by atoms with Crippen LogP contribution in [0, 0.1) is 0 Å². The number of aromatic nitrogens is 2. The highest BCUT2D eigenvalue weighted by Crippen LogP contribution is 2.15. The molecule has 0 saturated heterocycles. The molecule has 0 amide bonds. The number of ether oxygens (including phenoxy) is 1. The molecule has 2 aromatic carbocycles. The van der Waals surface area contributed by atoms with Crippen molar-refractivity contribution in [2.24, 2.45) is 0 Å². The van der Waals surface area contributed by atoms with Gasteiger partial charge in [0.05, 0.1) is 18.1 Å². The summed E-state index contributed by atoms with van der Waals surface area (Å²) in [6.07, 6.45) is 3.23. The summed E-state index contributed by atoms with van der Waals surface area (Å²) in [4.78, 5) is 28.7. The van der Waals surface area contributed by atoms with Crippen molar-refractivity contribution in [3.8, 4) is 5.75 Å². The number of H-pyrrole nitrogens is 2. The fraction of sp³-hybridized carbons (Fsp3) is 0.0588. The van der Waals surface area contributed by atoms with E-state index in [2.05, 4.69) is 9.97 Å². The van der Waals surface area contributed by atoms with E-state index in [1.807, 2.05) is 24.3 Å². The van der Waals surface area contributed by atoms with E-state index in [9.17, 15) is 9.59 Å². The summed E-state index contributed by atoms with van der Waals surface area (Å²) in [7, 11) is 1.60. The minimum atomic E-state index is -0.286. The molecule has 0 fully saturated rings. The Morgan fingerprint density at radius 3 is 2.73 bits per heavy atom. The highest BCUT2D eigenvalue weighted by molar-refractivity contribution is 6.08. The molecule has 110 valence electrons. The predicted octanol–water partition coefficient (Wildman–Crippen LogP) is 2.76. The van der Waals surface area contributed by atoms with Gasteiger partial charge in [0, 0.05) is 5.56 Å². The molecule has 0 saturated carbocycles. The molecule has 22 heavy (non-hydrogen) atoms. The SMILES string of the molecule is COc1cccc(/C=C/C(=O)c2ccc3[nH]c(=O)[nH]c3c2)c1. The van der Waals surface area contributed by atoms with Gasteiger partial charge in [-0.15, -0.1) is 0 Å². The van der Waals surface area contributed by atoms with E-state index >= 15 is 0 Å². The molecule has 0 aliphatic heterocycles.